The van der Waals surface area contributed by atoms with Gasteiger partial charge in [0.2, 0.25) is 5.91 Å². The largest absolute Gasteiger partial charge is 0.378 e. The van der Waals surface area contributed by atoms with Crippen LogP contribution in [-0.2, 0) is 9.53 Å². The fraction of sp³-hybridized carbons (Fsp3) is 0.360. The number of aromatic nitrogens is 1. The maximum atomic E-state index is 13.2. The molecule has 2 aromatic carbocycles. The van der Waals surface area contributed by atoms with Crippen molar-refractivity contribution in [2.45, 2.75) is 0 Å². The van der Waals surface area contributed by atoms with Gasteiger partial charge in [-0.25, -0.2) is 9.37 Å². The molecule has 1 N–H and O–H groups in total. The third kappa shape index (κ3) is 5.55. The van der Waals surface area contributed by atoms with E-state index < -0.39 is 0 Å². The molecule has 2 aliphatic rings. The van der Waals surface area contributed by atoms with E-state index >= 15 is 0 Å². The number of thiazole rings is 1. The van der Waals surface area contributed by atoms with Crippen molar-refractivity contribution in [2.75, 3.05) is 74.1 Å². The van der Waals surface area contributed by atoms with E-state index in [4.69, 9.17) is 9.72 Å². The van der Waals surface area contributed by atoms with Crippen LogP contribution in [-0.4, -0.2) is 74.8 Å². The smallest absolute Gasteiger partial charge is 0.238 e. The highest BCUT2D eigenvalue weighted by Crippen LogP contribution is 2.28. The first-order chi connectivity index (χ1) is 16.6. The summed E-state index contributed by atoms with van der Waals surface area (Å²) in [5.41, 5.74) is 3.75. The van der Waals surface area contributed by atoms with Gasteiger partial charge in [-0.3, -0.25) is 9.69 Å². The molecule has 0 aliphatic carbocycles. The van der Waals surface area contributed by atoms with Gasteiger partial charge in [-0.1, -0.05) is 0 Å². The Balaban J connectivity index is 1.09. The number of piperazine rings is 1. The van der Waals surface area contributed by atoms with E-state index in [-0.39, 0.29) is 11.7 Å². The molecule has 0 spiro atoms. The van der Waals surface area contributed by atoms with Gasteiger partial charge in [0.25, 0.3) is 0 Å². The third-order valence-corrected chi connectivity index (χ3v) is 7.07. The number of anilines is 3. The van der Waals surface area contributed by atoms with Gasteiger partial charge in [0, 0.05) is 61.6 Å². The van der Waals surface area contributed by atoms with Crippen LogP contribution in [0, 0.1) is 5.82 Å². The number of halogens is 1. The van der Waals surface area contributed by atoms with Gasteiger partial charge < -0.3 is 19.9 Å². The van der Waals surface area contributed by atoms with Gasteiger partial charge >= 0.3 is 0 Å². The van der Waals surface area contributed by atoms with E-state index in [0.717, 1.165) is 80.2 Å². The summed E-state index contributed by atoms with van der Waals surface area (Å²) in [6.45, 7) is 6.91. The predicted octanol–water partition coefficient (Wildman–Crippen LogP) is 3.55. The van der Waals surface area contributed by atoms with E-state index in [1.807, 2.05) is 29.6 Å². The summed E-state index contributed by atoms with van der Waals surface area (Å²) in [5, 5.41) is 5.98. The summed E-state index contributed by atoms with van der Waals surface area (Å²) >= 11 is 1.60. The highest BCUT2D eigenvalue weighted by atomic mass is 32.1. The highest BCUT2D eigenvalue weighted by Gasteiger charge is 2.21. The van der Waals surface area contributed by atoms with E-state index in [0.29, 0.717) is 6.54 Å². The molecule has 7 nitrogen and oxygen atoms in total. The Morgan fingerprint density at radius 1 is 0.941 bits per heavy atom. The zero-order valence-electron chi connectivity index (χ0n) is 19.0. The molecule has 1 aromatic heterocycles. The van der Waals surface area contributed by atoms with Gasteiger partial charge in [-0.2, -0.15) is 0 Å². The number of carbonyl (C=O) groups is 1. The fourth-order valence-corrected chi connectivity index (χ4v) is 5.13. The minimum Gasteiger partial charge on any atom is -0.378 e. The minimum absolute atomic E-state index is 0.000386. The molecule has 3 heterocycles. The SMILES string of the molecule is O=C(CN1CCN(c2nc(-c3ccc(F)cc3)cs2)CC1)Nc1ccc(N2CCOCC2)cc1. The average molecular weight is 482 g/mol. The minimum atomic E-state index is -0.246. The normalized spacial score (nSPS) is 17.1. The van der Waals surface area contributed by atoms with Gasteiger partial charge in [0.05, 0.1) is 25.5 Å². The molecular weight excluding hydrogens is 453 g/mol. The molecule has 0 unspecified atom stereocenters. The second kappa shape index (κ2) is 10.5. The van der Waals surface area contributed by atoms with Gasteiger partial charge in [0.1, 0.15) is 5.82 Å². The first-order valence-electron chi connectivity index (χ1n) is 11.6. The van der Waals surface area contributed by atoms with Crippen LogP contribution in [0.3, 0.4) is 0 Å². The molecule has 2 saturated heterocycles. The molecule has 9 heteroatoms. The number of nitrogens with one attached hydrogen (secondary N) is 1. The molecule has 0 radical (unpaired) electrons. The standard InChI is InChI=1S/C25H28FN5O2S/c26-20-3-1-19(2-4-20)23-18-34-25(28-23)31-11-9-29(10-12-31)17-24(32)27-21-5-7-22(8-6-21)30-13-15-33-16-14-30/h1-8,18H,9-17H2,(H,27,32). The second-order valence-electron chi connectivity index (χ2n) is 8.48. The molecule has 0 bridgehead atoms. The Morgan fingerprint density at radius 3 is 2.35 bits per heavy atom. The first kappa shape index (κ1) is 22.8. The van der Waals surface area contributed by atoms with Crippen LogP contribution in [0.4, 0.5) is 20.9 Å². The molecule has 3 aromatic rings. The van der Waals surface area contributed by atoms with Crippen LogP contribution in [0.5, 0.6) is 0 Å². The Morgan fingerprint density at radius 2 is 1.65 bits per heavy atom. The van der Waals surface area contributed by atoms with Crippen LogP contribution in [0.15, 0.2) is 53.9 Å². The quantitative estimate of drug-likeness (QED) is 0.581. The monoisotopic (exact) mass is 481 g/mol. The van der Waals surface area contributed by atoms with Crippen molar-refractivity contribution in [3.63, 3.8) is 0 Å². The van der Waals surface area contributed by atoms with Crippen LogP contribution < -0.4 is 15.1 Å². The van der Waals surface area contributed by atoms with E-state index in [1.165, 1.54) is 12.1 Å². The Kier molecular flexibility index (Phi) is 7.03. The van der Waals surface area contributed by atoms with E-state index in [1.54, 1.807) is 23.5 Å². The fourth-order valence-electron chi connectivity index (χ4n) is 4.24. The summed E-state index contributed by atoms with van der Waals surface area (Å²) in [6.07, 6.45) is 0. The number of rotatable bonds is 6. The summed E-state index contributed by atoms with van der Waals surface area (Å²) in [6, 6.07) is 14.4. The van der Waals surface area contributed by atoms with Gasteiger partial charge in [0.15, 0.2) is 5.13 Å². The third-order valence-electron chi connectivity index (χ3n) is 6.17. The van der Waals surface area contributed by atoms with Crippen molar-refractivity contribution in [3.8, 4) is 11.3 Å². The van der Waals surface area contributed by atoms with Crippen LogP contribution in [0.2, 0.25) is 0 Å². The summed E-state index contributed by atoms with van der Waals surface area (Å²) < 4.78 is 18.6. The van der Waals surface area contributed by atoms with Crippen LogP contribution >= 0.6 is 11.3 Å². The van der Waals surface area contributed by atoms with Crippen LogP contribution in [0.1, 0.15) is 0 Å². The molecule has 5 rings (SSSR count). The molecule has 178 valence electrons. The number of nitrogens with zero attached hydrogens (tertiary/aromatic N) is 4. The number of ether oxygens (including phenoxy) is 1. The number of benzene rings is 2. The molecule has 34 heavy (non-hydrogen) atoms. The number of morpholine rings is 1. The maximum Gasteiger partial charge on any atom is 0.238 e. The van der Waals surface area contributed by atoms with E-state index in [2.05, 4.69) is 20.0 Å². The lowest BCUT2D eigenvalue weighted by molar-refractivity contribution is -0.117. The van der Waals surface area contributed by atoms with Crippen LogP contribution in [0.25, 0.3) is 11.3 Å². The molecule has 2 fully saturated rings. The lowest BCUT2D eigenvalue weighted by Crippen LogP contribution is -2.48. The lowest BCUT2D eigenvalue weighted by atomic mass is 10.2. The van der Waals surface area contributed by atoms with Crippen molar-refractivity contribution in [1.82, 2.24) is 9.88 Å². The number of hydrogen-bond donors (Lipinski definition) is 1. The zero-order valence-corrected chi connectivity index (χ0v) is 19.8. The molecule has 0 saturated carbocycles. The molecule has 2 aliphatic heterocycles. The van der Waals surface area contributed by atoms with Crippen molar-refractivity contribution in [3.05, 3.63) is 59.7 Å². The maximum absolute atomic E-state index is 13.2. The van der Waals surface area contributed by atoms with Gasteiger partial charge in [-0.15, -0.1) is 11.3 Å². The van der Waals surface area contributed by atoms with Crippen molar-refractivity contribution >= 4 is 33.8 Å². The molecule has 1 amide bonds. The lowest BCUT2D eigenvalue weighted by Gasteiger charge is -2.34. The van der Waals surface area contributed by atoms with Crippen molar-refractivity contribution in [1.29, 1.82) is 0 Å². The van der Waals surface area contributed by atoms with E-state index in [9.17, 15) is 9.18 Å². The second-order valence-corrected chi connectivity index (χ2v) is 9.32. The summed E-state index contributed by atoms with van der Waals surface area (Å²) in [7, 11) is 0. The Labute approximate surface area is 202 Å². The van der Waals surface area contributed by atoms with Crippen molar-refractivity contribution < 1.29 is 13.9 Å². The predicted molar refractivity (Wildman–Crippen MR) is 134 cm³/mol. The number of hydrogen-bond acceptors (Lipinski definition) is 7. The first-order valence-corrected chi connectivity index (χ1v) is 12.4. The highest BCUT2D eigenvalue weighted by molar-refractivity contribution is 7.14. The summed E-state index contributed by atoms with van der Waals surface area (Å²) in [4.78, 5) is 24.0. The molecule has 0 atom stereocenters. The zero-order chi connectivity index (χ0) is 23.3. The topological polar surface area (TPSA) is 60.9 Å². The van der Waals surface area contributed by atoms with Gasteiger partial charge in [-0.05, 0) is 48.5 Å². The number of carbonyl (C=O) groups excluding carboxylic acids is 1. The Bertz CT molecular complexity index is 1090. The summed E-state index contributed by atoms with van der Waals surface area (Å²) in [5.74, 6) is -0.246. The Hall–Kier alpha value is -3.01. The molecular formula is C25H28FN5O2S. The van der Waals surface area contributed by atoms with Crippen molar-refractivity contribution in [2.24, 2.45) is 0 Å². The average Bonchev–Trinajstić information content (AvgIpc) is 3.36. The number of amides is 1.